The van der Waals surface area contributed by atoms with Crippen LogP contribution in [0.25, 0.3) is 0 Å². The Kier molecular flexibility index (Phi) is 6.14. The predicted molar refractivity (Wildman–Crippen MR) is 72.7 cm³/mol. The zero-order valence-electron chi connectivity index (χ0n) is 11.3. The molecule has 0 aliphatic carbocycles. The number of nitrogens with two attached hydrogens (primary N) is 1. The van der Waals surface area contributed by atoms with E-state index in [-0.39, 0.29) is 23.5 Å². The molecule has 0 aromatic heterocycles. The normalized spacial score (nSPS) is 11.9. The Hall–Kier alpha value is -1.92. The van der Waals surface area contributed by atoms with Crippen LogP contribution in [-0.2, 0) is 4.74 Å². The molecule has 0 radical (unpaired) electrons. The molecule has 0 unspecified atom stereocenters. The number of aldehydes is 1. The monoisotopic (exact) mass is 281 g/mol. The topological polar surface area (TPSA) is 110 Å². The highest BCUT2D eigenvalue weighted by Gasteiger charge is 2.18. The van der Waals surface area contributed by atoms with Gasteiger partial charge in [0.2, 0.25) is 0 Å². The fourth-order valence-corrected chi connectivity index (χ4v) is 1.92. The fraction of sp³-hybridized carbons (Fsp3) is 0.429. The van der Waals surface area contributed by atoms with Gasteiger partial charge in [0.1, 0.15) is 5.75 Å². The Morgan fingerprint density at radius 2 is 2.15 bits per heavy atom. The van der Waals surface area contributed by atoms with E-state index in [9.17, 15) is 14.7 Å². The molecule has 6 nitrogen and oxygen atoms in total. The number of hydrogen-bond acceptors (Lipinski definition) is 6. The lowest BCUT2D eigenvalue weighted by Crippen LogP contribution is -2.13. The summed E-state index contributed by atoms with van der Waals surface area (Å²) in [5.74, 6) is -0.818. The number of benzene rings is 1. The summed E-state index contributed by atoms with van der Waals surface area (Å²) in [6.07, 6.45) is 2.27. The number of carbonyl (C=O) groups excluding carboxylic acids is 2. The Morgan fingerprint density at radius 1 is 1.45 bits per heavy atom. The van der Waals surface area contributed by atoms with Gasteiger partial charge in [0, 0.05) is 18.2 Å². The van der Waals surface area contributed by atoms with Crippen molar-refractivity contribution >= 4 is 12.3 Å². The molecule has 6 heteroatoms. The predicted octanol–water partition coefficient (Wildman–Crippen LogP) is 1.15. The van der Waals surface area contributed by atoms with Crippen LogP contribution in [0.3, 0.4) is 0 Å². The van der Waals surface area contributed by atoms with Gasteiger partial charge in [-0.1, -0.05) is 0 Å². The van der Waals surface area contributed by atoms with E-state index in [2.05, 4.69) is 4.74 Å². The van der Waals surface area contributed by atoms with Crippen molar-refractivity contribution in [3.63, 3.8) is 0 Å². The van der Waals surface area contributed by atoms with Gasteiger partial charge >= 0.3 is 5.97 Å². The lowest BCUT2D eigenvalue weighted by atomic mass is 9.96. The molecule has 0 saturated heterocycles. The minimum absolute atomic E-state index is 0.000471. The van der Waals surface area contributed by atoms with Crippen molar-refractivity contribution in [3.05, 3.63) is 28.8 Å². The van der Waals surface area contributed by atoms with Crippen LogP contribution in [0.1, 0.15) is 51.6 Å². The molecule has 1 atom stereocenters. The quantitative estimate of drug-likeness (QED) is 0.393. The molecule has 1 aromatic rings. The molecule has 0 bridgehead atoms. The maximum absolute atomic E-state index is 11.5. The summed E-state index contributed by atoms with van der Waals surface area (Å²) < 4.78 is 4.60. The van der Waals surface area contributed by atoms with Gasteiger partial charge in [-0.3, -0.25) is 4.79 Å². The molecule has 0 fully saturated rings. The van der Waals surface area contributed by atoms with Gasteiger partial charge in [0.25, 0.3) is 0 Å². The molecule has 0 aliphatic rings. The van der Waals surface area contributed by atoms with Crippen molar-refractivity contribution < 1.29 is 24.5 Å². The zero-order valence-corrected chi connectivity index (χ0v) is 11.3. The number of aromatic hydroxyl groups is 1. The van der Waals surface area contributed by atoms with Crippen molar-refractivity contribution in [3.8, 4) is 5.75 Å². The van der Waals surface area contributed by atoms with E-state index >= 15 is 0 Å². The second-order valence-electron chi connectivity index (χ2n) is 4.44. The van der Waals surface area contributed by atoms with Gasteiger partial charge < -0.3 is 20.7 Å². The van der Waals surface area contributed by atoms with Gasteiger partial charge in [-0.2, -0.15) is 0 Å². The summed E-state index contributed by atoms with van der Waals surface area (Å²) >= 11 is 0. The van der Waals surface area contributed by atoms with Gasteiger partial charge in [0.05, 0.1) is 18.2 Å². The van der Waals surface area contributed by atoms with E-state index in [1.54, 1.807) is 0 Å². The smallest absolute Gasteiger partial charge is 0.337 e. The number of aliphatic hydroxyl groups excluding tert-OH is 1. The summed E-state index contributed by atoms with van der Waals surface area (Å²) in [7, 11) is 1.23. The second kappa shape index (κ2) is 7.62. The van der Waals surface area contributed by atoms with Crippen LogP contribution in [0.5, 0.6) is 5.75 Å². The molecule has 0 heterocycles. The molecule has 0 spiro atoms. The number of rotatable bonds is 7. The number of hydrogen-bond donors (Lipinski definition) is 3. The van der Waals surface area contributed by atoms with E-state index in [1.807, 2.05) is 0 Å². The van der Waals surface area contributed by atoms with Crippen LogP contribution in [0.15, 0.2) is 12.1 Å². The van der Waals surface area contributed by atoms with Crippen molar-refractivity contribution in [2.45, 2.75) is 25.3 Å². The number of phenols is 1. The largest absolute Gasteiger partial charge is 0.507 e. The minimum atomic E-state index is -0.600. The molecule has 1 rings (SSSR count). The SMILES string of the molecule is COC(=O)c1cc(C=O)c(O)c([C@@H](N)CCCCO)c1. The second-order valence-corrected chi connectivity index (χ2v) is 4.44. The van der Waals surface area contributed by atoms with Crippen molar-refractivity contribution in [1.82, 2.24) is 0 Å². The Balaban J connectivity index is 3.09. The van der Waals surface area contributed by atoms with Gasteiger partial charge in [-0.15, -0.1) is 0 Å². The Morgan fingerprint density at radius 3 is 2.70 bits per heavy atom. The first-order valence-corrected chi connectivity index (χ1v) is 6.32. The summed E-state index contributed by atoms with van der Waals surface area (Å²) in [5.41, 5.74) is 6.45. The Labute approximate surface area is 117 Å². The van der Waals surface area contributed by atoms with E-state index in [4.69, 9.17) is 10.8 Å². The molecular weight excluding hydrogens is 262 g/mol. The van der Waals surface area contributed by atoms with E-state index in [0.717, 1.165) is 0 Å². The highest BCUT2D eigenvalue weighted by atomic mass is 16.5. The lowest BCUT2D eigenvalue weighted by Gasteiger charge is -2.15. The average Bonchev–Trinajstić information content (AvgIpc) is 2.46. The van der Waals surface area contributed by atoms with Gasteiger partial charge in [0.15, 0.2) is 6.29 Å². The maximum Gasteiger partial charge on any atom is 0.337 e. The van der Waals surface area contributed by atoms with E-state index < -0.39 is 12.0 Å². The number of aliphatic hydroxyl groups is 1. The molecule has 20 heavy (non-hydrogen) atoms. The maximum atomic E-state index is 11.5. The first-order chi connectivity index (χ1) is 9.54. The molecule has 4 N–H and O–H groups in total. The molecular formula is C14H19NO5. The third kappa shape index (κ3) is 3.79. The minimum Gasteiger partial charge on any atom is -0.507 e. The summed E-state index contributed by atoms with van der Waals surface area (Å²) in [6, 6.07) is 2.17. The third-order valence-electron chi connectivity index (χ3n) is 3.04. The average molecular weight is 281 g/mol. The number of methoxy groups -OCH3 is 1. The molecule has 110 valence electrons. The van der Waals surface area contributed by atoms with E-state index in [1.165, 1.54) is 19.2 Å². The van der Waals surface area contributed by atoms with Crippen LogP contribution in [-0.4, -0.2) is 36.2 Å². The number of unbranched alkanes of at least 4 members (excludes halogenated alkanes) is 1. The standard InChI is InChI=1S/C14H19NO5/c1-20-14(19)9-6-10(8-17)13(18)11(7-9)12(15)4-2-3-5-16/h6-8,12,16,18H,2-5,15H2,1H3/t12-/m0/s1. The lowest BCUT2D eigenvalue weighted by molar-refractivity contribution is 0.0600. The summed E-state index contributed by atoms with van der Waals surface area (Å²) in [4.78, 5) is 22.5. The summed E-state index contributed by atoms with van der Waals surface area (Å²) in [5, 5.41) is 18.7. The highest BCUT2D eigenvalue weighted by Crippen LogP contribution is 2.30. The highest BCUT2D eigenvalue weighted by molar-refractivity contribution is 5.93. The van der Waals surface area contributed by atoms with Crippen molar-refractivity contribution in [2.75, 3.05) is 13.7 Å². The number of phenolic OH excluding ortho intramolecular Hbond substituents is 1. The molecule has 1 aromatic carbocycles. The number of esters is 1. The number of ether oxygens (including phenoxy) is 1. The molecule has 0 aliphatic heterocycles. The van der Waals surface area contributed by atoms with Crippen molar-refractivity contribution in [2.24, 2.45) is 5.73 Å². The zero-order chi connectivity index (χ0) is 15.1. The van der Waals surface area contributed by atoms with Crippen LogP contribution in [0, 0.1) is 0 Å². The molecule has 0 saturated carbocycles. The van der Waals surface area contributed by atoms with Gasteiger partial charge in [-0.05, 0) is 31.4 Å². The molecule has 0 amide bonds. The first-order valence-electron chi connectivity index (χ1n) is 6.32. The third-order valence-corrected chi connectivity index (χ3v) is 3.04. The fourth-order valence-electron chi connectivity index (χ4n) is 1.92. The van der Waals surface area contributed by atoms with E-state index in [0.29, 0.717) is 31.1 Å². The van der Waals surface area contributed by atoms with Crippen LogP contribution in [0.4, 0.5) is 0 Å². The van der Waals surface area contributed by atoms with Crippen LogP contribution < -0.4 is 5.73 Å². The van der Waals surface area contributed by atoms with Gasteiger partial charge in [-0.25, -0.2) is 4.79 Å². The number of carbonyl (C=O) groups is 2. The Bertz CT molecular complexity index is 487. The van der Waals surface area contributed by atoms with Crippen molar-refractivity contribution in [1.29, 1.82) is 0 Å². The first kappa shape index (κ1) is 16.1. The van der Waals surface area contributed by atoms with Crippen LogP contribution in [0.2, 0.25) is 0 Å². The summed E-state index contributed by atoms with van der Waals surface area (Å²) in [6.45, 7) is 0.0699. The van der Waals surface area contributed by atoms with Crippen LogP contribution >= 0.6 is 0 Å².